The minimum absolute atomic E-state index is 0.207. The third-order valence-electron chi connectivity index (χ3n) is 4.08. The highest BCUT2D eigenvalue weighted by Crippen LogP contribution is 2.19. The molecule has 0 spiro atoms. The van der Waals surface area contributed by atoms with Gasteiger partial charge in [-0.2, -0.15) is 5.10 Å². The SMILES string of the molecule is CCC(C)(CC)NCc1nn(C)c2ccccc12. The lowest BCUT2D eigenvalue weighted by Gasteiger charge is -2.28. The normalized spacial score (nSPS) is 12.2. The van der Waals surface area contributed by atoms with E-state index in [4.69, 9.17) is 0 Å². The molecule has 0 saturated heterocycles. The van der Waals surface area contributed by atoms with E-state index in [-0.39, 0.29) is 5.54 Å². The molecule has 1 aromatic heterocycles. The summed E-state index contributed by atoms with van der Waals surface area (Å²) in [6.07, 6.45) is 2.27. The van der Waals surface area contributed by atoms with Gasteiger partial charge in [-0.1, -0.05) is 32.0 Å². The fraction of sp³-hybridized carbons (Fsp3) is 0.533. The van der Waals surface area contributed by atoms with E-state index in [1.165, 1.54) is 10.9 Å². The number of fused-ring (bicyclic) bond motifs is 1. The van der Waals surface area contributed by atoms with E-state index in [1.807, 2.05) is 11.7 Å². The maximum absolute atomic E-state index is 4.62. The summed E-state index contributed by atoms with van der Waals surface area (Å²) in [5.74, 6) is 0. The Morgan fingerprint density at radius 3 is 2.56 bits per heavy atom. The lowest BCUT2D eigenvalue weighted by molar-refractivity contribution is 0.327. The van der Waals surface area contributed by atoms with Gasteiger partial charge in [-0.3, -0.25) is 4.68 Å². The first kappa shape index (κ1) is 13.1. The fourth-order valence-corrected chi connectivity index (χ4v) is 2.22. The number of rotatable bonds is 5. The van der Waals surface area contributed by atoms with Gasteiger partial charge in [0.05, 0.1) is 11.2 Å². The quantitative estimate of drug-likeness (QED) is 0.876. The van der Waals surface area contributed by atoms with Gasteiger partial charge < -0.3 is 5.32 Å². The third kappa shape index (κ3) is 2.41. The summed E-state index contributed by atoms with van der Waals surface area (Å²) in [5, 5.41) is 9.51. The molecule has 0 aliphatic rings. The largest absolute Gasteiger partial charge is 0.306 e. The first-order valence-corrected chi connectivity index (χ1v) is 6.75. The number of aromatic nitrogens is 2. The van der Waals surface area contributed by atoms with Crippen molar-refractivity contribution in [3.63, 3.8) is 0 Å². The molecule has 0 saturated carbocycles. The Labute approximate surface area is 109 Å². The van der Waals surface area contributed by atoms with Crippen molar-refractivity contribution in [3.05, 3.63) is 30.0 Å². The van der Waals surface area contributed by atoms with Gasteiger partial charge in [-0.15, -0.1) is 0 Å². The first-order valence-electron chi connectivity index (χ1n) is 6.75. The van der Waals surface area contributed by atoms with Crippen LogP contribution in [0.1, 0.15) is 39.3 Å². The van der Waals surface area contributed by atoms with Crippen LogP contribution >= 0.6 is 0 Å². The van der Waals surface area contributed by atoms with Crippen LogP contribution in [0.15, 0.2) is 24.3 Å². The molecule has 2 rings (SSSR count). The summed E-state index contributed by atoms with van der Waals surface area (Å²) in [4.78, 5) is 0. The fourth-order valence-electron chi connectivity index (χ4n) is 2.22. The Bertz CT molecular complexity index is 524. The van der Waals surface area contributed by atoms with E-state index in [0.717, 1.165) is 25.1 Å². The second kappa shape index (κ2) is 5.11. The Hall–Kier alpha value is -1.35. The van der Waals surface area contributed by atoms with Crippen LogP contribution in [0.3, 0.4) is 0 Å². The van der Waals surface area contributed by atoms with Crippen molar-refractivity contribution >= 4 is 10.9 Å². The van der Waals surface area contributed by atoms with E-state index in [9.17, 15) is 0 Å². The third-order valence-corrected chi connectivity index (χ3v) is 4.08. The zero-order chi connectivity index (χ0) is 13.2. The van der Waals surface area contributed by atoms with Gasteiger partial charge in [0, 0.05) is 24.5 Å². The van der Waals surface area contributed by atoms with Gasteiger partial charge in [-0.05, 0) is 25.8 Å². The average molecular weight is 245 g/mol. The van der Waals surface area contributed by atoms with Crippen LogP contribution in [0, 0.1) is 0 Å². The summed E-state index contributed by atoms with van der Waals surface area (Å²) >= 11 is 0. The second-order valence-corrected chi connectivity index (χ2v) is 5.21. The number of hydrogen-bond donors (Lipinski definition) is 1. The van der Waals surface area contributed by atoms with Gasteiger partial charge in [0.25, 0.3) is 0 Å². The predicted molar refractivity (Wildman–Crippen MR) is 76.5 cm³/mol. The Morgan fingerprint density at radius 1 is 1.22 bits per heavy atom. The molecule has 1 heterocycles. The molecule has 3 nitrogen and oxygen atoms in total. The number of nitrogens with one attached hydrogen (secondary N) is 1. The Kier molecular flexibility index (Phi) is 3.71. The lowest BCUT2D eigenvalue weighted by Crippen LogP contribution is -2.40. The van der Waals surface area contributed by atoms with Crippen molar-refractivity contribution in [2.75, 3.05) is 0 Å². The first-order chi connectivity index (χ1) is 8.59. The number of nitrogens with zero attached hydrogens (tertiary/aromatic N) is 2. The summed E-state index contributed by atoms with van der Waals surface area (Å²) in [7, 11) is 2.00. The van der Waals surface area contributed by atoms with Gasteiger partial charge in [-0.25, -0.2) is 0 Å². The molecular weight excluding hydrogens is 222 g/mol. The van der Waals surface area contributed by atoms with Gasteiger partial charge >= 0.3 is 0 Å². The number of para-hydroxylation sites is 1. The Balaban J connectivity index is 2.22. The van der Waals surface area contributed by atoms with Crippen LogP contribution < -0.4 is 5.32 Å². The molecule has 2 aromatic rings. The molecule has 0 atom stereocenters. The minimum Gasteiger partial charge on any atom is -0.306 e. The van der Waals surface area contributed by atoms with Gasteiger partial charge in [0.2, 0.25) is 0 Å². The van der Waals surface area contributed by atoms with Crippen LogP contribution in [0.4, 0.5) is 0 Å². The van der Waals surface area contributed by atoms with Gasteiger partial charge in [0.15, 0.2) is 0 Å². The highest BCUT2D eigenvalue weighted by molar-refractivity contribution is 5.81. The number of benzene rings is 1. The highest BCUT2D eigenvalue weighted by atomic mass is 15.3. The summed E-state index contributed by atoms with van der Waals surface area (Å²) in [6.45, 7) is 7.57. The van der Waals surface area contributed by atoms with Crippen molar-refractivity contribution in [2.45, 2.75) is 45.7 Å². The van der Waals surface area contributed by atoms with Crippen molar-refractivity contribution < 1.29 is 0 Å². The number of aryl methyl sites for hydroxylation is 1. The summed E-state index contributed by atoms with van der Waals surface area (Å²) < 4.78 is 1.96. The number of hydrogen-bond acceptors (Lipinski definition) is 2. The van der Waals surface area contributed by atoms with Crippen LogP contribution in [0.25, 0.3) is 10.9 Å². The van der Waals surface area contributed by atoms with Crippen molar-refractivity contribution in [3.8, 4) is 0 Å². The molecule has 18 heavy (non-hydrogen) atoms. The maximum atomic E-state index is 4.62. The van der Waals surface area contributed by atoms with Crippen LogP contribution in [0.2, 0.25) is 0 Å². The van der Waals surface area contributed by atoms with Crippen molar-refractivity contribution in [1.82, 2.24) is 15.1 Å². The molecule has 3 heteroatoms. The highest BCUT2D eigenvalue weighted by Gasteiger charge is 2.19. The van der Waals surface area contributed by atoms with Crippen LogP contribution in [-0.2, 0) is 13.6 Å². The molecule has 0 amide bonds. The van der Waals surface area contributed by atoms with E-state index < -0.39 is 0 Å². The molecule has 0 radical (unpaired) electrons. The molecule has 0 aliphatic carbocycles. The molecular formula is C15H23N3. The molecule has 1 aromatic carbocycles. The molecule has 0 unspecified atom stereocenters. The average Bonchev–Trinajstić information content (AvgIpc) is 2.74. The van der Waals surface area contributed by atoms with E-state index in [1.54, 1.807) is 0 Å². The smallest absolute Gasteiger partial charge is 0.0841 e. The zero-order valence-electron chi connectivity index (χ0n) is 11.8. The molecule has 0 aliphatic heterocycles. The minimum atomic E-state index is 0.207. The molecule has 0 fully saturated rings. The van der Waals surface area contributed by atoms with Gasteiger partial charge in [0.1, 0.15) is 0 Å². The Morgan fingerprint density at radius 2 is 1.89 bits per heavy atom. The standard InChI is InChI=1S/C15H23N3/c1-5-15(3,6-2)16-11-13-12-9-7-8-10-14(12)18(4)17-13/h7-10,16H,5-6,11H2,1-4H3. The summed E-state index contributed by atoms with van der Waals surface area (Å²) in [5.41, 5.74) is 2.55. The monoisotopic (exact) mass is 245 g/mol. The van der Waals surface area contributed by atoms with E-state index >= 15 is 0 Å². The maximum Gasteiger partial charge on any atom is 0.0841 e. The van der Waals surface area contributed by atoms with Crippen LogP contribution in [0.5, 0.6) is 0 Å². The molecule has 98 valence electrons. The summed E-state index contributed by atoms with van der Waals surface area (Å²) in [6, 6.07) is 8.40. The van der Waals surface area contributed by atoms with E-state index in [0.29, 0.717) is 0 Å². The molecule has 1 N–H and O–H groups in total. The van der Waals surface area contributed by atoms with Crippen molar-refractivity contribution in [2.24, 2.45) is 7.05 Å². The van der Waals surface area contributed by atoms with E-state index in [2.05, 4.69) is 55.5 Å². The predicted octanol–water partition coefficient (Wildman–Crippen LogP) is 3.24. The topological polar surface area (TPSA) is 29.9 Å². The lowest BCUT2D eigenvalue weighted by atomic mass is 9.95. The van der Waals surface area contributed by atoms with Crippen LogP contribution in [-0.4, -0.2) is 15.3 Å². The second-order valence-electron chi connectivity index (χ2n) is 5.21. The van der Waals surface area contributed by atoms with Crippen molar-refractivity contribution in [1.29, 1.82) is 0 Å². The molecule has 0 bridgehead atoms. The zero-order valence-corrected chi connectivity index (χ0v) is 11.8.